The molecule has 1 atom stereocenters. The van der Waals surface area contributed by atoms with Crippen molar-refractivity contribution in [3.63, 3.8) is 0 Å². The van der Waals surface area contributed by atoms with Crippen molar-refractivity contribution in [2.75, 3.05) is 18.4 Å². The van der Waals surface area contributed by atoms with Gasteiger partial charge in [0, 0.05) is 19.6 Å². The van der Waals surface area contributed by atoms with E-state index in [1.54, 1.807) is 11.1 Å². The highest BCUT2D eigenvalue weighted by molar-refractivity contribution is 5.90. The zero-order valence-electron chi connectivity index (χ0n) is 14.8. The van der Waals surface area contributed by atoms with Gasteiger partial charge in [-0.05, 0) is 31.6 Å². The number of urea groups is 1. The molecule has 2 heterocycles. The molecule has 134 valence electrons. The Labute approximate surface area is 143 Å². The topological polar surface area (TPSA) is 87.5 Å². The summed E-state index contributed by atoms with van der Waals surface area (Å²) >= 11 is 0. The minimum absolute atomic E-state index is 0.237. The first kappa shape index (κ1) is 18.3. The minimum Gasteiger partial charge on any atom is -0.481 e. The molecule has 1 aliphatic rings. The Morgan fingerprint density at radius 2 is 2.21 bits per heavy atom. The normalized spacial score (nSPS) is 18.0. The lowest BCUT2D eigenvalue weighted by molar-refractivity contribution is -0.143. The van der Waals surface area contributed by atoms with Crippen molar-refractivity contribution in [2.24, 2.45) is 11.8 Å². The lowest BCUT2D eigenvalue weighted by atomic mass is 9.99. The molecule has 0 spiro atoms. The van der Waals surface area contributed by atoms with Gasteiger partial charge in [0.25, 0.3) is 0 Å². The maximum absolute atomic E-state index is 12.5. The van der Waals surface area contributed by atoms with Gasteiger partial charge in [0.2, 0.25) is 0 Å². The number of likely N-dealkylation sites (tertiary alicyclic amines) is 1. The zero-order valence-corrected chi connectivity index (χ0v) is 14.8. The van der Waals surface area contributed by atoms with E-state index in [1.165, 1.54) is 0 Å². The van der Waals surface area contributed by atoms with E-state index >= 15 is 0 Å². The molecule has 7 nitrogen and oxygen atoms in total. The number of aliphatic carboxylic acids is 1. The smallest absolute Gasteiger partial charge is 0.321 e. The van der Waals surface area contributed by atoms with Crippen molar-refractivity contribution in [3.05, 3.63) is 11.9 Å². The van der Waals surface area contributed by atoms with E-state index in [9.17, 15) is 9.59 Å². The summed E-state index contributed by atoms with van der Waals surface area (Å²) in [5.74, 6) is -0.703. The standard InChI is InChI=1S/C17H28N4O3/c1-4-15-14(10-18-21(15)9-7-12(2)3)19-17(24)20-8-5-6-13(11-20)16(22)23/h10,12-13H,4-9,11H2,1-3H3,(H,19,24)(H,22,23). The van der Waals surface area contributed by atoms with Gasteiger partial charge in [0.15, 0.2) is 0 Å². The number of carboxylic acid groups (broad SMARTS) is 1. The maximum Gasteiger partial charge on any atom is 0.321 e. The molecule has 0 radical (unpaired) electrons. The van der Waals surface area contributed by atoms with Crippen molar-refractivity contribution in [1.29, 1.82) is 0 Å². The van der Waals surface area contributed by atoms with Crippen molar-refractivity contribution >= 4 is 17.7 Å². The van der Waals surface area contributed by atoms with Gasteiger partial charge in [-0.1, -0.05) is 20.8 Å². The van der Waals surface area contributed by atoms with Crippen LogP contribution in [0.4, 0.5) is 10.5 Å². The molecule has 0 bridgehead atoms. The fraction of sp³-hybridized carbons (Fsp3) is 0.706. The zero-order chi connectivity index (χ0) is 17.7. The van der Waals surface area contributed by atoms with E-state index in [0.29, 0.717) is 18.9 Å². The lowest BCUT2D eigenvalue weighted by Crippen LogP contribution is -2.44. The minimum atomic E-state index is -0.830. The van der Waals surface area contributed by atoms with Gasteiger partial charge < -0.3 is 15.3 Å². The first-order valence-corrected chi connectivity index (χ1v) is 8.75. The fourth-order valence-electron chi connectivity index (χ4n) is 3.02. The number of nitrogens with zero attached hydrogens (tertiary/aromatic N) is 3. The van der Waals surface area contributed by atoms with Crippen LogP contribution in [0.5, 0.6) is 0 Å². The predicted octanol–water partition coefficient (Wildman–Crippen LogP) is 2.82. The summed E-state index contributed by atoms with van der Waals surface area (Å²) in [7, 11) is 0. The summed E-state index contributed by atoms with van der Waals surface area (Å²) < 4.78 is 1.95. The van der Waals surface area contributed by atoms with Crippen LogP contribution in [0.25, 0.3) is 0 Å². The number of carbonyl (C=O) groups is 2. The molecule has 1 fully saturated rings. The van der Waals surface area contributed by atoms with Crippen LogP contribution < -0.4 is 5.32 Å². The average Bonchev–Trinajstić information content (AvgIpc) is 2.94. The van der Waals surface area contributed by atoms with Gasteiger partial charge in [-0.15, -0.1) is 0 Å². The number of hydrogen-bond acceptors (Lipinski definition) is 3. The molecule has 1 saturated heterocycles. The number of aryl methyl sites for hydroxylation is 1. The molecule has 2 rings (SSSR count). The third-order valence-corrected chi connectivity index (χ3v) is 4.50. The van der Waals surface area contributed by atoms with Crippen molar-refractivity contribution in [1.82, 2.24) is 14.7 Å². The summed E-state index contributed by atoms with van der Waals surface area (Å²) in [5.41, 5.74) is 1.74. The molecule has 24 heavy (non-hydrogen) atoms. The van der Waals surface area contributed by atoms with Gasteiger partial charge in [0.1, 0.15) is 0 Å². The Morgan fingerprint density at radius 3 is 2.83 bits per heavy atom. The maximum atomic E-state index is 12.5. The van der Waals surface area contributed by atoms with E-state index in [-0.39, 0.29) is 12.6 Å². The largest absolute Gasteiger partial charge is 0.481 e. The third-order valence-electron chi connectivity index (χ3n) is 4.50. The van der Waals surface area contributed by atoms with Crippen LogP contribution in [0, 0.1) is 11.8 Å². The average molecular weight is 336 g/mol. The summed E-state index contributed by atoms with van der Waals surface area (Å²) in [6.45, 7) is 8.09. The molecule has 0 aliphatic carbocycles. The Balaban J connectivity index is 2.02. The summed E-state index contributed by atoms with van der Waals surface area (Å²) in [4.78, 5) is 25.2. The number of carbonyl (C=O) groups excluding carboxylic acids is 1. The summed E-state index contributed by atoms with van der Waals surface area (Å²) in [6.07, 6.45) is 4.86. The molecule has 0 saturated carbocycles. The highest BCUT2D eigenvalue weighted by Gasteiger charge is 2.28. The predicted molar refractivity (Wildman–Crippen MR) is 92.0 cm³/mol. The molecule has 1 aromatic rings. The van der Waals surface area contributed by atoms with Crippen molar-refractivity contribution < 1.29 is 14.7 Å². The molecular formula is C17H28N4O3. The first-order valence-electron chi connectivity index (χ1n) is 8.75. The number of carboxylic acids is 1. The summed E-state index contributed by atoms with van der Waals surface area (Å²) in [5, 5.41) is 16.4. The molecule has 7 heteroatoms. The highest BCUT2D eigenvalue weighted by Crippen LogP contribution is 2.20. The molecule has 1 aliphatic heterocycles. The van der Waals surface area contributed by atoms with E-state index in [0.717, 1.165) is 37.2 Å². The van der Waals surface area contributed by atoms with Crippen LogP contribution in [0.3, 0.4) is 0 Å². The number of anilines is 1. The van der Waals surface area contributed by atoms with Crippen LogP contribution in [0.15, 0.2) is 6.20 Å². The van der Waals surface area contributed by atoms with Gasteiger partial charge >= 0.3 is 12.0 Å². The van der Waals surface area contributed by atoms with Gasteiger partial charge in [-0.25, -0.2) is 4.79 Å². The Morgan fingerprint density at radius 1 is 1.46 bits per heavy atom. The fourth-order valence-corrected chi connectivity index (χ4v) is 3.02. The lowest BCUT2D eigenvalue weighted by Gasteiger charge is -2.30. The van der Waals surface area contributed by atoms with E-state index in [4.69, 9.17) is 5.11 Å². The Kier molecular flexibility index (Phi) is 6.23. The van der Waals surface area contributed by atoms with Gasteiger partial charge in [0.05, 0.1) is 23.5 Å². The second-order valence-electron chi connectivity index (χ2n) is 6.82. The van der Waals surface area contributed by atoms with Crippen LogP contribution in [0.1, 0.15) is 45.7 Å². The number of amides is 2. The Bertz CT molecular complexity index is 582. The highest BCUT2D eigenvalue weighted by atomic mass is 16.4. The Hall–Kier alpha value is -2.05. The number of piperidine rings is 1. The second kappa shape index (κ2) is 8.17. The SMILES string of the molecule is CCc1c(NC(=O)N2CCCC(C(=O)O)C2)cnn1CCC(C)C. The van der Waals surface area contributed by atoms with Gasteiger partial charge in [-0.2, -0.15) is 5.10 Å². The molecule has 1 unspecified atom stereocenters. The van der Waals surface area contributed by atoms with Crippen molar-refractivity contribution in [2.45, 2.75) is 53.0 Å². The molecule has 1 aromatic heterocycles. The van der Waals surface area contributed by atoms with Crippen LogP contribution in [-0.4, -0.2) is 44.9 Å². The quantitative estimate of drug-likeness (QED) is 0.836. The van der Waals surface area contributed by atoms with E-state index < -0.39 is 11.9 Å². The van der Waals surface area contributed by atoms with Crippen LogP contribution in [0.2, 0.25) is 0 Å². The molecule has 2 amide bonds. The second-order valence-corrected chi connectivity index (χ2v) is 6.82. The van der Waals surface area contributed by atoms with Crippen molar-refractivity contribution in [3.8, 4) is 0 Å². The van der Waals surface area contributed by atoms with Crippen LogP contribution >= 0.6 is 0 Å². The van der Waals surface area contributed by atoms with Crippen LogP contribution in [-0.2, 0) is 17.8 Å². The molecule has 0 aromatic carbocycles. The van der Waals surface area contributed by atoms with Gasteiger partial charge in [-0.3, -0.25) is 9.48 Å². The van der Waals surface area contributed by atoms with E-state index in [1.807, 2.05) is 11.6 Å². The molecular weight excluding hydrogens is 308 g/mol. The molecule has 2 N–H and O–H groups in total. The monoisotopic (exact) mass is 336 g/mol. The summed E-state index contributed by atoms with van der Waals surface area (Å²) in [6, 6.07) is -0.237. The third kappa shape index (κ3) is 4.49. The van der Waals surface area contributed by atoms with E-state index in [2.05, 4.69) is 24.3 Å². The number of rotatable bonds is 6. The first-order chi connectivity index (χ1) is 11.4. The number of aromatic nitrogens is 2. The number of hydrogen-bond donors (Lipinski definition) is 2. The number of nitrogens with one attached hydrogen (secondary N) is 1.